The molecule has 0 fully saturated rings. The van der Waals surface area contributed by atoms with Crippen LogP contribution >= 0.6 is 0 Å². The fourth-order valence-electron chi connectivity index (χ4n) is 2.45. The molecule has 0 saturated heterocycles. The van der Waals surface area contributed by atoms with Crippen molar-refractivity contribution in [1.29, 1.82) is 0 Å². The third kappa shape index (κ3) is 4.19. The molecule has 120 valence electrons. The van der Waals surface area contributed by atoms with E-state index in [1.165, 1.54) is 9.80 Å². The molecule has 4 heteroatoms. The van der Waals surface area contributed by atoms with Gasteiger partial charge in [0.15, 0.2) is 0 Å². The highest BCUT2D eigenvalue weighted by Crippen LogP contribution is 2.16. The lowest BCUT2D eigenvalue weighted by molar-refractivity contribution is -0.143. The van der Waals surface area contributed by atoms with Crippen molar-refractivity contribution >= 4 is 17.5 Å². The zero-order valence-corrected chi connectivity index (χ0v) is 13.8. The van der Waals surface area contributed by atoms with Gasteiger partial charge >= 0.3 is 11.8 Å². The lowest BCUT2D eigenvalue weighted by atomic mass is 10.2. The van der Waals surface area contributed by atoms with E-state index in [1.807, 2.05) is 68.4 Å². The Morgan fingerprint density at radius 3 is 2.26 bits per heavy atom. The summed E-state index contributed by atoms with van der Waals surface area (Å²) in [5.74, 6) is -1.01. The predicted octanol–water partition coefficient (Wildman–Crippen LogP) is 3.01. The first-order chi connectivity index (χ1) is 11.0. The second-order valence-corrected chi connectivity index (χ2v) is 5.54. The molecule has 0 spiro atoms. The van der Waals surface area contributed by atoms with Gasteiger partial charge in [0, 0.05) is 25.8 Å². The van der Waals surface area contributed by atoms with Crippen molar-refractivity contribution in [3.8, 4) is 0 Å². The number of amides is 2. The summed E-state index contributed by atoms with van der Waals surface area (Å²) in [6, 6.07) is 17.2. The molecule has 0 atom stereocenters. The van der Waals surface area contributed by atoms with Crippen molar-refractivity contribution in [2.75, 3.05) is 18.5 Å². The number of anilines is 1. The quantitative estimate of drug-likeness (QED) is 0.815. The summed E-state index contributed by atoms with van der Waals surface area (Å²) < 4.78 is 0. The molecule has 0 aliphatic rings. The van der Waals surface area contributed by atoms with Crippen LogP contribution in [0.1, 0.15) is 18.1 Å². The maximum atomic E-state index is 12.6. The van der Waals surface area contributed by atoms with Gasteiger partial charge in [-0.25, -0.2) is 0 Å². The summed E-state index contributed by atoms with van der Waals surface area (Å²) in [5, 5.41) is 0. The van der Waals surface area contributed by atoms with Gasteiger partial charge in [0.25, 0.3) is 0 Å². The normalized spacial score (nSPS) is 10.2. The van der Waals surface area contributed by atoms with E-state index < -0.39 is 11.8 Å². The molecule has 0 unspecified atom stereocenters. The van der Waals surface area contributed by atoms with Crippen LogP contribution < -0.4 is 4.90 Å². The number of hydrogen-bond donors (Lipinski definition) is 0. The molecule has 2 aromatic carbocycles. The van der Waals surface area contributed by atoms with E-state index in [0.717, 1.165) is 16.8 Å². The van der Waals surface area contributed by atoms with Gasteiger partial charge in [-0.15, -0.1) is 0 Å². The standard InChI is InChI=1S/C19H22N2O2/c1-4-21(17-12-8-9-15(2)13-17)19(23)18(22)20(3)14-16-10-6-5-7-11-16/h5-13H,4,14H2,1-3H3. The van der Waals surface area contributed by atoms with Gasteiger partial charge in [0.2, 0.25) is 0 Å². The summed E-state index contributed by atoms with van der Waals surface area (Å²) in [4.78, 5) is 28.0. The van der Waals surface area contributed by atoms with Gasteiger partial charge < -0.3 is 9.80 Å². The van der Waals surface area contributed by atoms with Crippen molar-refractivity contribution in [2.45, 2.75) is 20.4 Å². The van der Waals surface area contributed by atoms with Gasteiger partial charge in [0.1, 0.15) is 0 Å². The molecule has 2 amide bonds. The average Bonchev–Trinajstić information content (AvgIpc) is 2.55. The molecule has 0 aliphatic heterocycles. The van der Waals surface area contributed by atoms with E-state index >= 15 is 0 Å². The summed E-state index contributed by atoms with van der Waals surface area (Å²) >= 11 is 0. The van der Waals surface area contributed by atoms with Crippen LogP contribution in [0.25, 0.3) is 0 Å². The SMILES string of the molecule is CCN(C(=O)C(=O)N(C)Cc1ccccc1)c1cccc(C)c1. The molecule has 0 heterocycles. The number of hydrogen-bond acceptors (Lipinski definition) is 2. The summed E-state index contributed by atoms with van der Waals surface area (Å²) in [6.07, 6.45) is 0. The van der Waals surface area contributed by atoms with Gasteiger partial charge in [0.05, 0.1) is 0 Å². The zero-order valence-electron chi connectivity index (χ0n) is 13.8. The number of benzene rings is 2. The highest BCUT2D eigenvalue weighted by Gasteiger charge is 2.25. The van der Waals surface area contributed by atoms with Crippen LogP contribution in [-0.2, 0) is 16.1 Å². The van der Waals surface area contributed by atoms with Gasteiger partial charge in [-0.05, 0) is 37.1 Å². The summed E-state index contributed by atoms with van der Waals surface area (Å²) in [5.41, 5.74) is 2.80. The molecule has 23 heavy (non-hydrogen) atoms. The number of nitrogens with zero attached hydrogens (tertiary/aromatic N) is 2. The first-order valence-electron chi connectivity index (χ1n) is 7.70. The van der Waals surface area contributed by atoms with E-state index in [1.54, 1.807) is 7.05 Å². The number of carbonyl (C=O) groups is 2. The fraction of sp³-hybridized carbons (Fsp3) is 0.263. The minimum Gasteiger partial charge on any atom is -0.333 e. The van der Waals surface area contributed by atoms with Crippen LogP contribution in [-0.4, -0.2) is 30.3 Å². The highest BCUT2D eigenvalue weighted by atomic mass is 16.2. The van der Waals surface area contributed by atoms with Crippen LogP contribution in [0.5, 0.6) is 0 Å². The van der Waals surface area contributed by atoms with Crippen molar-refractivity contribution in [3.63, 3.8) is 0 Å². The molecule has 0 radical (unpaired) electrons. The molecular weight excluding hydrogens is 288 g/mol. The Morgan fingerprint density at radius 2 is 1.65 bits per heavy atom. The Hall–Kier alpha value is -2.62. The van der Waals surface area contributed by atoms with E-state index in [9.17, 15) is 9.59 Å². The van der Waals surface area contributed by atoms with Crippen molar-refractivity contribution in [2.24, 2.45) is 0 Å². The van der Waals surface area contributed by atoms with Gasteiger partial charge in [-0.1, -0.05) is 42.5 Å². The number of aryl methyl sites for hydroxylation is 1. The fourth-order valence-corrected chi connectivity index (χ4v) is 2.45. The molecule has 0 aliphatic carbocycles. The lowest BCUT2D eigenvalue weighted by Crippen LogP contribution is -2.43. The third-order valence-electron chi connectivity index (χ3n) is 3.67. The molecular formula is C19H22N2O2. The van der Waals surface area contributed by atoms with Crippen LogP contribution in [0.15, 0.2) is 54.6 Å². The summed E-state index contributed by atoms with van der Waals surface area (Å²) in [6.45, 7) is 4.69. The lowest BCUT2D eigenvalue weighted by Gasteiger charge is -2.24. The molecule has 0 N–H and O–H groups in total. The molecule has 0 bridgehead atoms. The third-order valence-corrected chi connectivity index (χ3v) is 3.67. The van der Waals surface area contributed by atoms with Crippen LogP contribution in [0.3, 0.4) is 0 Å². The smallest absolute Gasteiger partial charge is 0.316 e. The molecule has 4 nitrogen and oxygen atoms in total. The Morgan fingerprint density at radius 1 is 0.957 bits per heavy atom. The molecule has 2 rings (SSSR count). The number of rotatable bonds is 4. The van der Waals surface area contributed by atoms with E-state index in [0.29, 0.717) is 13.1 Å². The van der Waals surface area contributed by atoms with Gasteiger partial charge in [-0.2, -0.15) is 0 Å². The van der Waals surface area contributed by atoms with Crippen molar-refractivity contribution in [1.82, 2.24) is 4.90 Å². The minimum atomic E-state index is -0.503. The largest absolute Gasteiger partial charge is 0.333 e. The molecule has 0 saturated carbocycles. The monoisotopic (exact) mass is 310 g/mol. The Labute approximate surface area is 137 Å². The maximum absolute atomic E-state index is 12.6. The maximum Gasteiger partial charge on any atom is 0.316 e. The Balaban J connectivity index is 2.12. The molecule has 0 aromatic heterocycles. The predicted molar refractivity (Wildman–Crippen MR) is 92.1 cm³/mol. The van der Waals surface area contributed by atoms with Crippen molar-refractivity contribution < 1.29 is 9.59 Å². The van der Waals surface area contributed by atoms with E-state index in [2.05, 4.69) is 0 Å². The first-order valence-corrected chi connectivity index (χ1v) is 7.70. The van der Waals surface area contributed by atoms with Gasteiger partial charge in [-0.3, -0.25) is 9.59 Å². The van der Waals surface area contributed by atoms with E-state index in [-0.39, 0.29) is 0 Å². The van der Waals surface area contributed by atoms with Crippen LogP contribution in [0.4, 0.5) is 5.69 Å². The highest BCUT2D eigenvalue weighted by molar-refractivity contribution is 6.40. The number of carbonyl (C=O) groups excluding carboxylic acids is 2. The average molecular weight is 310 g/mol. The van der Waals surface area contributed by atoms with E-state index in [4.69, 9.17) is 0 Å². The topological polar surface area (TPSA) is 40.6 Å². The van der Waals surface area contributed by atoms with Crippen molar-refractivity contribution in [3.05, 3.63) is 65.7 Å². The second-order valence-electron chi connectivity index (χ2n) is 5.54. The summed E-state index contributed by atoms with van der Waals surface area (Å²) in [7, 11) is 1.65. The van der Waals surface area contributed by atoms with Crippen LogP contribution in [0, 0.1) is 6.92 Å². The second kappa shape index (κ2) is 7.58. The Bertz CT molecular complexity index is 683. The molecule has 2 aromatic rings. The Kier molecular flexibility index (Phi) is 5.52. The minimum absolute atomic E-state index is 0.413. The first kappa shape index (κ1) is 16.7. The van der Waals surface area contributed by atoms with Crippen LogP contribution in [0.2, 0.25) is 0 Å². The number of likely N-dealkylation sites (N-methyl/N-ethyl adjacent to an activating group) is 2. The zero-order chi connectivity index (χ0) is 16.8.